The van der Waals surface area contributed by atoms with Crippen LogP contribution >= 0.6 is 11.3 Å². The number of rotatable bonds is 6. The average molecular weight is 228 g/mol. The molecule has 6 heteroatoms. The van der Waals surface area contributed by atoms with Crippen molar-refractivity contribution in [2.45, 2.75) is 13.3 Å². The molecule has 0 amide bonds. The van der Waals surface area contributed by atoms with Crippen molar-refractivity contribution in [3.63, 3.8) is 0 Å². The molecular weight excluding hydrogens is 216 g/mol. The van der Waals surface area contributed by atoms with E-state index in [0.29, 0.717) is 6.61 Å². The molecule has 82 valence electrons. The average Bonchev–Trinajstić information content (AvgIpc) is 2.66. The van der Waals surface area contributed by atoms with Gasteiger partial charge in [0.15, 0.2) is 0 Å². The summed E-state index contributed by atoms with van der Waals surface area (Å²) in [6, 6.07) is 3.18. The van der Waals surface area contributed by atoms with E-state index >= 15 is 0 Å². The topological polar surface area (TPSA) is 64.4 Å². The second-order valence-corrected chi connectivity index (χ2v) is 3.83. The van der Waals surface area contributed by atoms with Crippen LogP contribution in [0.25, 0.3) is 6.08 Å². The molecular formula is C9H12N2O3S. The standard InChI is InChI=1S/C9H12N2O3S/c1-2-7-14-10-6-5-8-3-4-9(15-8)11(12)13/h3-6,10H,2,7H2,1H3. The van der Waals surface area contributed by atoms with E-state index in [9.17, 15) is 10.1 Å². The number of nitrogens with one attached hydrogen (secondary N) is 1. The van der Waals surface area contributed by atoms with Gasteiger partial charge in [0, 0.05) is 17.1 Å². The number of nitro groups is 1. The molecule has 1 rings (SSSR count). The van der Waals surface area contributed by atoms with Crippen LogP contribution in [0, 0.1) is 10.1 Å². The Labute approximate surface area is 91.5 Å². The molecule has 15 heavy (non-hydrogen) atoms. The minimum atomic E-state index is -0.400. The van der Waals surface area contributed by atoms with Gasteiger partial charge >= 0.3 is 5.00 Å². The van der Waals surface area contributed by atoms with Crippen molar-refractivity contribution in [2.75, 3.05) is 6.61 Å². The largest absolute Gasteiger partial charge is 0.324 e. The summed E-state index contributed by atoms with van der Waals surface area (Å²) < 4.78 is 0. The summed E-state index contributed by atoms with van der Waals surface area (Å²) in [4.78, 5) is 15.8. The monoisotopic (exact) mass is 228 g/mol. The summed E-state index contributed by atoms with van der Waals surface area (Å²) in [6.07, 6.45) is 4.28. The Bertz CT molecular complexity index is 349. The van der Waals surface area contributed by atoms with Gasteiger partial charge in [-0.1, -0.05) is 18.3 Å². The first-order valence-electron chi connectivity index (χ1n) is 4.52. The molecule has 1 aromatic rings. The highest BCUT2D eigenvalue weighted by atomic mass is 32.1. The van der Waals surface area contributed by atoms with Gasteiger partial charge in [-0.15, -0.1) is 0 Å². The quantitative estimate of drug-likeness (QED) is 0.461. The molecule has 0 aromatic carbocycles. The maximum atomic E-state index is 10.4. The lowest BCUT2D eigenvalue weighted by Gasteiger charge is -1.97. The number of hydroxylamine groups is 1. The van der Waals surface area contributed by atoms with E-state index in [4.69, 9.17) is 4.84 Å². The van der Waals surface area contributed by atoms with Crippen LogP contribution in [0.1, 0.15) is 18.2 Å². The van der Waals surface area contributed by atoms with E-state index in [-0.39, 0.29) is 5.00 Å². The third kappa shape index (κ3) is 4.09. The predicted octanol–water partition coefficient (Wildman–Crippen LogP) is 2.56. The van der Waals surface area contributed by atoms with Gasteiger partial charge in [-0.2, -0.15) is 0 Å². The molecule has 0 aliphatic carbocycles. The van der Waals surface area contributed by atoms with Crippen LogP contribution in [0.3, 0.4) is 0 Å². The Balaban J connectivity index is 2.39. The van der Waals surface area contributed by atoms with E-state index in [2.05, 4.69) is 5.48 Å². The normalized spacial score (nSPS) is 10.7. The second kappa shape index (κ2) is 6.15. The maximum Gasteiger partial charge on any atom is 0.324 e. The summed E-state index contributed by atoms with van der Waals surface area (Å²) in [6.45, 7) is 2.64. The van der Waals surface area contributed by atoms with Crippen molar-refractivity contribution in [3.8, 4) is 0 Å². The van der Waals surface area contributed by atoms with E-state index in [1.165, 1.54) is 6.07 Å². The molecule has 1 heterocycles. The highest BCUT2D eigenvalue weighted by molar-refractivity contribution is 7.16. The first kappa shape index (κ1) is 11.7. The Morgan fingerprint density at radius 1 is 1.67 bits per heavy atom. The zero-order valence-corrected chi connectivity index (χ0v) is 9.12. The second-order valence-electron chi connectivity index (χ2n) is 2.73. The highest BCUT2D eigenvalue weighted by Crippen LogP contribution is 2.24. The maximum absolute atomic E-state index is 10.4. The lowest BCUT2D eigenvalue weighted by atomic mass is 10.4. The zero-order chi connectivity index (χ0) is 11.1. The molecule has 0 bridgehead atoms. The van der Waals surface area contributed by atoms with Gasteiger partial charge in [-0.3, -0.25) is 20.4 Å². The number of hydrogen-bond donors (Lipinski definition) is 1. The molecule has 1 aromatic heterocycles. The molecule has 0 radical (unpaired) electrons. The Morgan fingerprint density at radius 3 is 3.07 bits per heavy atom. The SMILES string of the molecule is CCCONC=Cc1ccc([N+](=O)[O-])s1. The van der Waals surface area contributed by atoms with Gasteiger partial charge < -0.3 is 0 Å². The highest BCUT2D eigenvalue weighted by Gasteiger charge is 2.07. The number of thiophene rings is 1. The van der Waals surface area contributed by atoms with Crippen LogP contribution in [-0.4, -0.2) is 11.5 Å². The summed E-state index contributed by atoms with van der Waals surface area (Å²) >= 11 is 1.12. The van der Waals surface area contributed by atoms with E-state index < -0.39 is 4.92 Å². The van der Waals surface area contributed by atoms with Crippen molar-refractivity contribution in [3.05, 3.63) is 33.3 Å². The fourth-order valence-electron chi connectivity index (χ4n) is 0.855. The van der Waals surface area contributed by atoms with Crippen LogP contribution in [0.15, 0.2) is 18.3 Å². The van der Waals surface area contributed by atoms with Gasteiger partial charge in [-0.25, -0.2) is 0 Å². The van der Waals surface area contributed by atoms with Crippen molar-refractivity contribution in [1.29, 1.82) is 0 Å². The Kier molecular flexibility index (Phi) is 4.79. The summed E-state index contributed by atoms with van der Waals surface area (Å²) in [5.41, 5.74) is 2.63. The van der Waals surface area contributed by atoms with Gasteiger partial charge in [0.05, 0.1) is 11.5 Å². The molecule has 0 atom stereocenters. The van der Waals surface area contributed by atoms with E-state index in [1.807, 2.05) is 6.92 Å². The van der Waals surface area contributed by atoms with Gasteiger partial charge in [0.25, 0.3) is 0 Å². The molecule has 5 nitrogen and oxygen atoms in total. The molecule has 1 N–H and O–H groups in total. The third-order valence-corrected chi connectivity index (χ3v) is 2.50. The first-order valence-corrected chi connectivity index (χ1v) is 5.33. The van der Waals surface area contributed by atoms with Crippen LogP contribution in [0.4, 0.5) is 5.00 Å². The van der Waals surface area contributed by atoms with Crippen LogP contribution in [-0.2, 0) is 4.84 Å². The minimum Gasteiger partial charge on any atom is -0.277 e. The van der Waals surface area contributed by atoms with Gasteiger partial charge in [0.1, 0.15) is 0 Å². The third-order valence-electron chi connectivity index (χ3n) is 1.50. The summed E-state index contributed by atoms with van der Waals surface area (Å²) in [7, 11) is 0. The smallest absolute Gasteiger partial charge is 0.277 e. The minimum absolute atomic E-state index is 0.143. The van der Waals surface area contributed by atoms with Crippen molar-refractivity contribution < 1.29 is 9.76 Å². The number of nitrogens with zero attached hydrogens (tertiary/aromatic N) is 1. The van der Waals surface area contributed by atoms with Crippen LogP contribution in [0.5, 0.6) is 0 Å². The van der Waals surface area contributed by atoms with Crippen LogP contribution in [0.2, 0.25) is 0 Å². The zero-order valence-electron chi connectivity index (χ0n) is 8.30. The van der Waals surface area contributed by atoms with Crippen LogP contribution < -0.4 is 5.48 Å². The van der Waals surface area contributed by atoms with Crippen molar-refractivity contribution in [1.82, 2.24) is 5.48 Å². The van der Waals surface area contributed by atoms with E-state index in [0.717, 1.165) is 22.6 Å². The molecule has 0 saturated carbocycles. The first-order chi connectivity index (χ1) is 7.24. The lowest BCUT2D eigenvalue weighted by Crippen LogP contribution is -2.06. The number of hydrogen-bond acceptors (Lipinski definition) is 5. The van der Waals surface area contributed by atoms with Crippen molar-refractivity contribution >= 4 is 22.4 Å². The Morgan fingerprint density at radius 2 is 2.47 bits per heavy atom. The fourth-order valence-corrected chi connectivity index (χ4v) is 1.58. The predicted molar refractivity (Wildman–Crippen MR) is 59.4 cm³/mol. The molecule has 0 spiro atoms. The van der Waals surface area contributed by atoms with Gasteiger partial charge in [-0.05, 0) is 18.6 Å². The van der Waals surface area contributed by atoms with Crippen molar-refractivity contribution in [2.24, 2.45) is 0 Å². The molecule has 0 aliphatic heterocycles. The molecule has 0 aliphatic rings. The molecule has 0 unspecified atom stereocenters. The molecule has 0 fully saturated rings. The molecule has 0 saturated heterocycles. The Hall–Kier alpha value is -1.40. The summed E-state index contributed by atoms with van der Waals surface area (Å²) in [5, 5.41) is 10.5. The van der Waals surface area contributed by atoms with Gasteiger partial charge in [0.2, 0.25) is 0 Å². The lowest BCUT2D eigenvalue weighted by molar-refractivity contribution is -0.380. The summed E-state index contributed by atoms with van der Waals surface area (Å²) in [5.74, 6) is 0. The van der Waals surface area contributed by atoms with E-state index in [1.54, 1.807) is 18.3 Å². The fraction of sp³-hybridized carbons (Fsp3) is 0.333.